The van der Waals surface area contributed by atoms with E-state index in [1.807, 2.05) is 6.07 Å². The van der Waals surface area contributed by atoms with Crippen LogP contribution in [0.1, 0.15) is 24.5 Å². The second-order valence-corrected chi connectivity index (χ2v) is 3.79. The van der Waals surface area contributed by atoms with Crippen LogP contribution in [-0.4, -0.2) is 4.98 Å². The maximum atomic E-state index is 12.9. The molecule has 3 rings (SSSR count). The lowest BCUT2D eigenvalue weighted by atomic mass is 10.2. The summed E-state index contributed by atoms with van der Waals surface area (Å²) in [5.41, 5.74) is 1.50. The third-order valence-corrected chi connectivity index (χ3v) is 2.62. The van der Waals surface area contributed by atoms with Gasteiger partial charge in [0.2, 0.25) is 0 Å². The number of halogens is 1. The summed E-state index contributed by atoms with van der Waals surface area (Å²) >= 11 is 0. The molecule has 14 heavy (non-hydrogen) atoms. The average Bonchev–Trinajstić information content (AvgIpc) is 2.87. The average molecular weight is 192 g/mol. The number of nitrogens with one attached hydrogen (secondary N) is 1. The molecular formula is C10H9FN2O. The van der Waals surface area contributed by atoms with E-state index in [1.165, 1.54) is 6.07 Å². The van der Waals surface area contributed by atoms with Crippen LogP contribution in [0, 0.1) is 11.0 Å². The Kier molecular flexibility index (Phi) is 1.37. The summed E-state index contributed by atoms with van der Waals surface area (Å²) < 4.78 is 13.4. The van der Waals surface area contributed by atoms with Crippen LogP contribution < -0.4 is 4.73 Å². The fourth-order valence-corrected chi connectivity index (χ4v) is 1.75. The van der Waals surface area contributed by atoms with Gasteiger partial charge in [-0.25, -0.2) is 14.1 Å². The van der Waals surface area contributed by atoms with E-state index in [0.717, 1.165) is 24.7 Å². The van der Waals surface area contributed by atoms with E-state index in [4.69, 9.17) is 0 Å². The third kappa shape index (κ3) is 1.07. The molecule has 0 atom stereocenters. The summed E-state index contributed by atoms with van der Waals surface area (Å²) in [6.07, 6.45) is 3.26. The van der Waals surface area contributed by atoms with Crippen molar-refractivity contribution in [2.75, 3.05) is 0 Å². The second kappa shape index (κ2) is 2.47. The molecule has 2 aromatic rings. The highest BCUT2D eigenvalue weighted by Crippen LogP contribution is 2.40. The Hall–Kier alpha value is -1.58. The number of nitrogens with zero attached hydrogens (tertiary/aromatic N) is 1. The lowest BCUT2D eigenvalue weighted by molar-refractivity contribution is -0.580. The van der Waals surface area contributed by atoms with Crippen molar-refractivity contribution in [1.29, 1.82) is 0 Å². The molecule has 1 N–H and O–H groups in total. The van der Waals surface area contributed by atoms with Crippen molar-refractivity contribution in [1.82, 2.24) is 4.98 Å². The number of hydrogen-bond acceptors (Lipinski definition) is 1. The van der Waals surface area contributed by atoms with Gasteiger partial charge in [0, 0.05) is 5.92 Å². The molecule has 0 bridgehead atoms. The van der Waals surface area contributed by atoms with Gasteiger partial charge in [-0.15, -0.1) is 0 Å². The fraction of sp³-hybridized carbons (Fsp3) is 0.300. The predicted molar refractivity (Wildman–Crippen MR) is 49.2 cm³/mol. The number of hydrogen-bond donors (Lipinski definition) is 1. The Labute approximate surface area is 79.8 Å². The van der Waals surface area contributed by atoms with Crippen molar-refractivity contribution in [3.8, 4) is 0 Å². The Morgan fingerprint density at radius 1 is 1.43 bits per heavy atom. The van der Waals surface area contributed by atoms with Crippen molar-refractivity contribution in [3.63, 3.8) is 0 Å². The summed E-state index contributed by atoms with van der Waals surface area (Å²) in [5, 5.41) is 12.0. The molecule has 0 spiro atoms. The van der Waals surface area contributed by atoms with Crippen LogP contribution in [0.3, 0.4) is 0 Å². The lowest BCUT2D eigenvalue weighted by Crippen LogP contribution is -2.27. The molecule has 4 heteroatoms. The van der Waals surface area contributed by atoms with Crippen LogP contribution in [0.4, 0.5) is 4.39 Å². The van der Waals surface area contributed by atoms with E-state index in [0.29, 0.717) is 21.7 Å². The number of aromatic amines is 1. The summed E-state index contributed by atoms with van der Waals surface area (Å²) in [6.45, 7) is 0. The zero-order valence-electron chi connectivity index (χ0n) is 7.46. The smallest absolute Gasteiger partial charge is 0.290 e. The number of fused-ring (bicyclic) bond motifs is 1. The SMILES string of the molecule is [O-][n+]1cc(F)cc2cc(C3CC3)[nH]c21. The van der Waals surface area contributed by atoms with Crippen molar-refractivity contribution in [3.05, 3.63) is 35.0 Å². The number of aromatic nitrogens is 2. The van der Waals surface area contributed by atoms with E-state index in [1.54, 1.807) is 0 Å². The van der Waals surface area contributed by atoms with E-state index in [2.05, 4.69) is 4.98 Å². The maximum Gasteiger partial charge on any atom is 0.290 e. The topological polar surface area (TPSA) is 42.7 Å². The fourth-order valence-electron chi connectivity index (χ4n) is 1.75. The number of rotatable bonds is 1. The monoisotopic (exact) mass is 192 g/mol. The highest BCUT2D eigenvalue weighted by Gasteiger charge is 2.28. The molecule has 1 saturated carbocycles. The molecule has 1 aliphatic carbocycles. The molecular weight excluding hydrogens is 183 g/mol. The first-order valence-corrected chi connectivity index (χ1v) is 4.65. The van der Waals surface area contributed by atoms with Gasteiger partial charge in [0.15, 0.2) is 5.82 Å². The number of pyridine rings is 1. The predicted octanol–water partition coefficient (Wildman–Crippen LogP) is 1.82. The maximum absolute atomic E-state index is 12.9. The van der Waals surface area contributed by atoms with Crippen LogP contribution in [0.25, 0.3) is 11.0 Å². The van der Waals surface area contributed by atoms with Gasteiger partial charge in [-0.05, 0) is 25.0 Å². The molecule has 3 nitrogen and oxygen atoms in total. The van der Waals surface area contributed by atoms with Crippen LogP contribution in [0.15, 0.2) is 18.3 Å². The van der Waals surface area contributed by atoms with E-state index >= 15 is 0 Å². The van der Waals surface area contributed by atoms with E-state index in [9.17, 15) is 9.60 Å². The van der Waals surface area contributed by atoms with Crippen LogP contribution >= 0.6 is 0 Å². The van der Waals surface area contributed by atoms with Crippen LogP contribution in [-0.2, 0) is 0 Å². The zero-order chi connectivity index (χ0) is 9.71. The Balaban J connectivity index is 2.26. The van der Waals surface area contributed by atoms with Crippen LogP contribution in [0.2, 0.25) is 0 Å². The van der Waals surface area contributed by atoms with E-state index < -0.39 is 5.82 Å². The van der Waals surface area contributed by atoms with Gasteiger partial charge >= 0.3 is 0 Å². The first-order valence-electron chi connectivity index (χ1n) is 4.65. The molecule has 0 aliphatic heterocycles. The second-order valence-electron chi connectivity index (χ2n) is 3.79. The lowest BCUT2D eigenvalue weighted by Gasteiger charge is -2.00. The summed E-state index contributed by atoms with van der Waals surface area (Å²) in [6, 6.07) is 3.25. The molecule has 0 radical (unpaired) electrons. The molecule has 0 aromatic carbocycles. The minimum absolute atomic E-state index is 0.452. The quantitative estimate of drug-likeness (QED) is 0.543. The van der Waals surface area contributed by atoms with Gasteiger partial charge in [-0.2, -0.15) is 0 Å². The van der Waals surface area contributed by atoms with Gasteiger partial charge in [0.25, 0.3) is 5.65 Å². The highest BCUT2D eigenvalue weighted by atomic mass is 19.1. The third-order valence-electron chi connectivity index (χ3n) is 2.62. The first-order chi connectivity index (χ1) is 6.74. The van der Waals surface area contributed by atoms with Crippen molar-refractivity contribution in [2.24, 2.45) is 0 Å². The minimum Gasteiger partial charge on any atom is -0.710 e. The van der Waals surface area contributed by atoms with Crippen molar-refractivity contribution in [2.45, 2.75) is 18.8 Å². The summed E-state index contributed by atoms with van der Waals surface area (Å²) in [4.78, 5) is 3.04. The van der Waals surface area contributed by atoms with Gasteiger partial charge in [-0.3, -0.25) is 0 Å². The minimum atomic E-state index is -0.492. The molecule has 2 heterocycles. The van der Waals surface area contributed by atoms with Crippen molar-refractivity contribution < 1.29 is 9.12 Å². The molecule has 1 aliphatic rings. The molecule has 0 amide bonds. The Morgan fingerprint density at radius 2 is 2.21 bits per heavy atom. The molecule has 72 valence electrons. The summed E-state index contributed by atoms with van der Waals surface area (Å²) in [5.74, 6) is 0.0549. The number of H-pyrrole nitrogens is 1. The summed E-state index contributed by atoms with van der Waals surface area (Å²) in [7, 11) is 0. The molecule has 0 saturated heterocycles. The van der Waals surface area contributed by atoms with Crippen LogP contribution in [0.5, 0.6) is 0 Å². The van der Waals surface area contributed by atoms with Gasteiger partial charge in [0.05, 0.1) is 5.39 Å². The van der Waals surface area contributed by atoms with Gasteiger partial charge in [0.1, 0.15) is 11.9 Å². The Bertz CT molecular complexity index is 502. The molecule has 0 unspecified atom stereocenters. The normalized spacial score (nSPS) is 16.4. The Morgan fingerprint density at radius 3 is 2.93 bits per heavy atom. The standard InChI is InChI=1S/C10H9FN2O/c11-8-3-7-4-9(6-1-2-6)12-10(7)13(14)5-8/h3-6,12H,1-2H2. The first kappa shape index (κ1) is 7.79. The van der Waals surface area contributed by atoms with Gasteiger partial charge < -0.3 is 5.21 Å². The molecule has 1 fully saturated rings. The largest absolute Gasteiger partial charge is 0.710 e. The highest BCUT2D eigenvalue weighted by molar-refractivity contribution is 5.74. The zero-order valence-corrected chi connectivity index (χ0v) is 7.46. The van der Waals surface area contributed by atoms with Gasteiger partial charge in [-0.1, -0.05) is 0 Å². The van der Waals surface area contributed by atoms with E-state index in [-0.39, 0.29) is 0 Å². The van der Waals surface area contributed by atoms with Crippen molar-refractivity contribution >= 4 is 11.0 Å². The molecule has 2 aromatic heterocycles.